The molecule has 176 valence electrons. The molecule has 0 aliphatic carbocycles. The van der Waals surface area contributed by atoms with E-state index >= 15 is 0 Å². The summed E-state index contributed by atoms with van der Waals surface area (Å²) in [6, 6.07) is 3.85. The summed E-state index contributed by atoms with van der Waals surface area (Å²) in [7, 11) is 0. The Morgan fingerprint density at radius 1 is 1.21 bits per heavy atom. The number of pyridine rings is 1. The normalized spacial score (nSPS) is 12.8. The van der Waals surface area contributed by atoms with Crippen molar-refractivity contribution < 1.29 is 23.1 Å². The van der Waals surface area contributed by atoms with Crippen LogP contribution in [0.5, 0.6) is 0 Å². The number of hydrogen-bond acceptors (Lipinski definition) is 6. The third-order valence-electron chi connectivity index (χ3n) is 4.83. The Morgan fingerprint density at radius 2 is 1.88 bits per heavy atom. The number of aryl methyl sites for hydroxylation is 1. The fraction of sp³-hybridized carbons (Fsp3) is 0.400. The molecule has 0 fully saturated rings. The maximum Gasteiger partial charge on any atom is 0.490 e. The average molecular weight is 529 g/mol. The maximum atomic E-state index is 13.1. The number of aliphatic imine (C=N–C) groups is 1. The van der Waals surface area contributed by atoms with Crippen LogP contribution in [0.25, 0.3) is 5.78 Å². The Morgan fingerprint density at radius 3 is 2.48 bits per heavy atom. The molecule has 33 heavy (non-hydrogen) atoms. The number of aliphatic carboxylic acids is 1. The standard InChI is InChI=1S/C18H19BrN6O.C2HF3O2/c1-2-3-4-9-24-16-13(11-14(19)21-16)17(26)25-15(22-23-18(24)25)10-12-5-7-20-8-6-12;3-2(4,5)1(6)7/h5-8H,2-4,9-11H2,1H3;(H,6,7). The van der Waals surface area contributed by atoms with Gasteiger partial charge in [0.25, 0.3) is 5.56 Å². The minimum Gasteiger partial charge on any atom is -0.475 e. The van der Waals surface area contributed by atoms with E-state index in [0.29, 0.717) is 35.8 Å². The van der Waals surface area contributed by atoms with Gasteiger partial charge in [0.2, 0.25) is 5.78 Å². The molecular formula is C20H20BrF3N6O3. The number of unbranched alkanes of at least 4 members (excludes halogenated alkanes) is 2. The van der Waals surface area contributed by atoms with Gasteiger partial charge in [-0.1, -0.05) is 19.8 Å². The molecule has 0 radical (unpaired) electrons. The quantitative estimate of drug-likeness (QED) is 0.488. The zero-order chi connectivity index (χ0) is 24.2. The third kappa shape index (κ3) is 5.64. The van der Waals surface area contributed by atoms with Crippen LogP contribution in [0.15, 0.2) is 34.3 Å². The molecule has 1 N–H and O–H groups in total. The monoisotopic (exact) mass is 528 g/mol. The molecule has 4 rings (SSSR count). The number of alkyl halides is 3. The molecule has 0 unspecified atom stereocenters. The second kappa shape index (κ2) is 10.2. The smallest absolute Gasteiger partial charge is 0.475 e. The van der Waals surface area contributed by atoms with Gasteiger partial charge in [0.15, 0.2) is 0 Å². The topological polar surface area (TPSA) is 115 Å². The number of fused-ring (bicyclic) bond motifs is 2. The molecule has 0 spiro atoms. The van der Waals surface area contributed by atoms with Gasteiger partial charge in [0, 0.05) is 31.8 Å². The summed E-state index contributed by atoms with van der Waals surface area (Å²) in [5.41, 5.74) is 1.68. The molecule has 4 heterocycles. The molecule has 0 amide bonds. The van der Waals surface area contributed by atoms with Crippen LogP contribution in [-0.4, -0.2) is 46.0 Å². The summed E-state index contributed by atoms with van der Waals surface area (Å²) >= 11 is 3.45. The predicted octanol–water partition coefficient (Wildman–Crippen LogP) is 3.68. The van der Waals surface area contributed by atoms with Gasteiger partial charge < -0.3 is 5.11 Å². The number of carboxylic acid groups (broad SMARTS) is 1. The second-order valence-electron chi connectivity index (χ2n) is 7.22. The van der Waals surface area contributed by atoms with Crippen molar-refractivity contribution in [1.29, 1.82) is 0 Å². The number of aromatic nitrogens is 5. The van der Waals surface area contributed by atoms with Gasteiger partial charge in [-0.15, -0.1) is 10.2 Å². The van der Waals surface area contributed by atoms with Crippen molar-refractivity contribution in [2.24, 2.45) is 4.99 Å². The molecule has 0 saturated carbocycles. The summed E-state index contributed by atoms with van der Waals surface area (Å²) < 4.78 is 36.2. The van der Waals surface area contributed by atoms with E-state index in [0.717, 1.165) is 36.0 Å². The van der Waals surface area contributed by atoms with Crippen LogP contribution in [0, 0.1) is 0 Å². The summed E-state index contributed by atoms with van der Waals surface area (Å²) in [6.45, 7) is 2.95. The highest BCUT2D eigenvalue weighted by Crippen LogP contribution is 2.28. The third-order valence-corrected chi connectivity index (χ3v) is 5.29. The molecular weight excluding hydrogens is 509 g/mol. The van der Waals surface area contributed by atoms with Gasteiger partial charge in [-0.2, -0.15) is 13.2 Å². The van der Waals surface area contributed by atoms with E-state index in [1.54, 1.807) is 16.8 Å². The van der Waals surface area contributed by atoms with Crippen LogP contribution in [-0.2, 0) is 24.2 Å². The second-order valence-corrected chi connectivity index (χ2v) is 8.13. The van der Waals surface area contributed by atoms with Crippen molar-refractivity contribution in [2.75, 3.05) is 0 Å². The molecule has 1 aliphatic rings. The highest BCUT2D eigenvalue weighted by atomic mass is 79.9. The highest BCUT2D eigenvalue weighted by Gasteiger charge is 2.38. The van der Waals surface area contributed by atoms with Crippen LogP contribution in [0.2, 0.25) is 0 Å². The fourth-order valence-corrected chi connectivity index (χ4v) is 3.73. The Hall–Kier alpha value is -3.09. The first kappa shape index (κ1) is 24.6. The van der Waals surface area contributed by atoms with Gasteiger partial charge in [-0.25, -0.2) is 14.2 Å². The van der Waals surface area contributed by atoms with Crippen LogP contribution in [0.4, 0.5) is 19.0 Å². The minimum absolute atomic E-state index is 0.0750. The van der Waals surface area contributed by atoms with Crippen molar-refractivity contribution in [3.8, 4) is 0 Å². The lowest BCUT2D eigenvalue weighted by Gasteiger charge is -2.12. The van der Waals surface area contributed by atoms with Crippen LogP contribution in [0.1, 0.15) is 43.1 Å². The fourth-order valence-electron chi connectivity index (χ4n) is 3.28. The lowest BCUT2D eigenvalue weighted by molar-refractivity contribution is -0.192. The maximum absolute atomic E-state index is 13.1. The highest BCUT2D eigenvalue weighted by molar-refractivity contribution is 9.18. The molecule has 9 nitrogen and oxygen atoms in total. The van der Waals surface area contributed by atoms with Crippen molar-refractivity contribution >= 4 is 38.1 Å². The molecule has 0 bridgehead atoms. The van der Waals surface area contributed by atoms with Gasteiger partial charge in [0.1, 0.15) is 11.6 Å². The summed E-state index contributed by atoms with van der Waals surface area (Å²) in [5.74, 6) is -0.827. The van der Waals surface area contributed by atoms with E-state index in [1.807, 2.05) is 16.7 Å². The Labute approximate surface area is 194 Å². The average Bonchev–Trinajstić information content (AvgIpc) is 3.35. The van der Waals surface area contributed by atoms with Gasteiger partial charge in [-0.05, 0) is 40.0 Å². The summed E-state index contributed by atoms with van der Waals surface area (Å²) in [5, 5.41) is 15.8. The lowest BCUT2D eigenvalue weighted by atomic mass is 10.2. The van der Waals surface area contributed by atoms with E-state index in [-0.39, 0.29) is 5.56 Å². The zero-order valence-electron chi connectivity index (χ0n) is 17.5. The number of halogens is 4. The molecule has 1 aliphatic heterocycles. The van der Waals surface area contributed by atoms with E-state index in [1.165, 1.54) is 0 Å². The number of carboxylic acids is 1. The largest absolute Gasteiger partial charge is 0.490 e. The zero-order valence-corrected chi connectivity index (χ0v) is 19.1. The molecule has 3 aromatic heterocycles. The molecule has 3 aromatic rings. The predicted molar refractivity (Wildman–Crippen MR) is 117 cm³/mol. The van der Waals surface area contributed by atoms with E-state index in [9.17, 15) is 18.0 Å². The Kier molecular flexibility index (Phi) is 7.61. The van der Waals surface area contributed by atoms with Gasteiger partial charge in [-0.3, -0.25) is 14.3 Å². The van der Waals surface area contributed by atoms with Gasteiger partial charge in [0.05, 0.1) is 10.2 Å². The number of rotatable bonds is 6. The first-order valence-electron chi connectivity index (χ1n) is 10.0. The summed E-state index contributed by atoms with van der Waals surface area (Å²) in [4.78, 5) is 30.6. The van der Waals surface area contributed by atoms with E-state index in [2.05, 4.69) is 43.0 Å². The molecule has 0 atom stereocenters. The van der Waals surface area contributed by atoms with Crippen molar-refractivity contribution in [1.82, 2.24) is 24.1 Å². The molecule has 13 heteroatoms. The van der Waals surface area contributed by atoms with E-state index < -0.39 is 12.1 Å². The molecule has 0 aromatic carbocycles. The van der Waals surface area contributed by atoms with Crippen molar-refractivity contribution in [2.45, 2.75) is 51.7 Å². The van der Waals surface area contributed by atoms with Crippen LogP contribution in [0.3, 0.4) is 0 Å². The van der Waals surface area contributed by atoms with Crippen molar-refractivity contribution in [3.63, 3.8) is 0 Å². The first-order chi connectivity index (χ1) is 15.6. The SMILES string of the molecule is CCCCCn1c2c(c(=O)n3c(Cc4ccncc4)nnc13)CC(Br)=N2.O=C(O)C(F)(F)F. The summed E-state index contributed by atoms with van der Waals surface area (Å²) in [6.07, 6.45) is 2.72. The van der Waals surface area contributed by atoms with Crippen molar-refractivity contribution in [3.05, 3.63) is 51.8 Å². The first-order valence-corrected chi connectivity index (χ1v) is 10.8. The van der Waals surface area contributed by atoms with Crippen LogP contribution < -0.4 is 5.56 Å². The van der Waals surface area contributed by atoms with Gasteiger partial charge >= 0.3 is 12.1 Å². The van der Waals surface area contributed by atoms with Crippen LogP contribution >= 0.6 is 15.9 Å². The number of hydrogen-bond donors (Lipinski definition) is 1. The molecule has 0 saturated heterocycles. The Balaban J connectivity index is 0.000000383. The van der Waals surface area contributed by atoms with E-state index in [4.69, 9.17) is 9.90 Å². The minimum atomic E-state index is -5.08. The Bertz CT molecular complexity index is 1240. The lowest BCUT2D eigenvalue weighted by Crippen LogP contribution is -2.23. The number of carbonyl (C=O) groups is 1. The number of nitrogens with zero attached hydrogens (tertiary/aromatic N) is 6.